The molecular weight excluding hydrogens is 472 g/mol. The Kier molecular flexibility index (Phi) is 7.08. The highest BCUT2D eigenvalue weighted by molar-refractivity contribution is 6.49. The standard InChI is InChI=1S/C28H34N4O5/c1-18-9-7-15-29-24(18)32(21-10-8-16-31(17-21)26(35)36-27(2,3)4)25(34)20-13-11-19(12-14-20)22-23(33)28(5,6)37-30-22/h7,9,11-15,21H,8,10,16-17H2,1-6H3/t21-/m1/s1. The third kappa shape index (κ3) is 5.65. The summed E-state index contributed by atoms with van der Waals surface area (Å²) in [5.41, 5.74) is 0.507. The van der Waals surface area contributed by atoms with Crippen molar-refractivity contribution in [3.8, 4) is 0 Å². The van der Waals surface area contributed by atoms with Crippen molar-refractivity contribution < 1.29 is 24.0 Å². The summed E-state index contributed by atoms with van der Waals surface area (Å²) < 4.78 is 5.58. The summed E-state index contributed by atoms with van der Waals surface area (Å²) in [6.45, 7) is 11.7. The van der Waals surface area contributed by atoms with E-state index in [-0.39, 0.29) is 29.5 Å². The second kappa shape index (κ2) is 9.95. The summed E-state index contributed by atoms with van der Waals surface area (Å²) in [7, 11) is 0. The number of hydrogen-bond acceptors (Lipinski definition) is 7. The Labute approximate surface area is 217 Å². The van der Waals surface area contributed by atoms with Gasteiger partial charge in [0.25, 0.3) is 5.91 Å². The van der Waals surface area contributed by atoms with Gasteiger partial charge in [-0.05, 0) is 78.1 Å². The van der Waals surface area contributed by atoms with Gasteiger partial charge in [0.05, 0.1) is 6.04 Å². The van der Waals surface area contributed by atoms with Crippen LogP contribution in [0.5, 0.6) is 0 Å². The zero-order valence-corrected chi connectivity index (χ0v) is 22.3. The molecule has 0 unspecified atom stereocenters. The average Bonchev–Trinajstić information content (AvgIpc) is 3.12. The Balaban J connectivity index is 1.62. The van der Waals surface area contributed by atoms with Crippen molar-refractivity contribution in [1.29, 1.82) is 0 Å². The molecule has 9 nitrogen and oxygen atoms in total. The topological polar surface area (TPSA) is 101 Å². The minimum absolute atomic E-state index is 0.207. The van der Waals surface area contributed by atoms with Crippen LogP contribution >= 0.6 is 0 Å². The Morgan fingerprint density at radius 3 is 2.46 bits per heavy atom. The molecule has 0 bridgehead atoms. The fraction of sp³-hybridized carbons (Fsp3) is 0.464. The highest BCUT2D eigenvalue weighted by Gasteiger charge is 2.40. The maximum absolute atomic E-state index is 13.9. The molecule has 2 aliphatic rings. The number of oxime groups is 1. The molecule has 4 rings (SSSR count). The molecule has 1 fully saturated rings. The Hall–Kier alpha value is -3.75. The van der Waals surface area contributed by atoms with Crippen molar-refractivity contribution in [3.05, 3.63) is 59.3 Å². The van der Waals surface area contributed by atoms with Gasteiger partial charge in [-0.15, -0.1) is 0 Å². The predicted octanol–water partition coefficient (Wildman–Crippen LogP) is 4.52. The number of carbonyl (C=O) groups is 3. The van der Waals surface area contributed by atoms with Crippen LogP contribution in [0, 0.1) is 6.92 Å². The molecule has 0 N–H and O–H groups in total. The van der Waals surface area contributed by atoms with Crippen molar-refractivity contribution in [2.24, 2.45) is 5.16 Å². The first-order valence-corrected chi connectivity index (χ1v) is 12.5. The molecule has 9 heteroatoms. The average molecular weight is 507 g/mol. The van der Waals surface area contributed by atoms with Crippen LogP contribution in [-0.2, 0) is 14.4 Å². The summed E-state index contributed by atoms with van der Waals surface area (Å²) in [6.07, 6.45) is 2.72. The minimum atomic E-state index is -1.00. The van der Waals surface area contributed by atoms with E-state index in [9.17, 15) is 14.4 Å². The molecular formula is C28H34N4O5. The molecule has 2 amide bonds. The first-order valence-electron chi connectivity index (χ1n) is 12.5. The van der Waals surface area contributed by atoms with Crippen LogP contribution in [0.4, 0.5) is 10.6 Å². The fourth-order valence-corrected chi connectivity index (χ4v) is 4.44. The number of carbonyl (C=O) groups excluding carboxylic acids is 3. The molecule has 37 heavy (non-hydrogen) atoms. The molecule has 196 valence electrons. The van der Waals surface area contributed by atoms with Gasteiger partial charge in [-0.2, -0.15) is 0 Å². The van der Waals surface area contributed by atoms with E-state index in [1.165, 1.54) is 0 Å². The first-order chi connectivity index (χ1) is 17.4. The predicted molar refractivity (Wildman–Crippen MR) is 140 cm³/mol. The summed E-state index contributed by atoms with van der Waals surface area (Å²) >= 11 is 0. The Bertz CT molecular complexity index is 1230. The van der Waals surface area contributed by atoms with Gasteiger partial charge >= 0.3 is 6.09 Å². The van der Waals surface area contributed by atoms with Crippen LogP contribution in [0.15, 0.2) is 47.8 Å². The van der Waals surface area contributed by atoms with Gasteiger partial charge in [-0.3, -0.25) is 14.5 Å². The molecule has 0 spiro atoms. The molecule has 1 aromatic heterocycles. The quantitative estimate of drug-likeness (QED) is 0.604. The van der Waals surface area contributed by atoms with Crippen molar-refractivity contribution in [2.75, 3.05) is 18.0 Å². The smallest absolute Gasteiger partial charge is 0.410 e. The number of amides is 2. The molecule has 1 atom stereocenters. The monoisotopic (exact) mass is 506 g/mol. The zero-order valence-electron chi connectivity index (χ0n) is 22.3. The second-order valence-corrected chi connectivity index (χ2v) is 11.0. The van der Waals surface area contributed by atoms with Crippen LogP contribution in [-0.4, -0.2) is 63.7 Å². The maximum Gasteiger partial charge on any atom is 0.410 e. The molecule has 1 saturated heterocycles. The summed E-state index contributed by atoms with van der Waals surface area (Å²) in [6, 6.07) is 10.2. The second-order valence-electron chi connectivity index (χ2n) is 11.0. The lowest BCUT2D eigenvalue weighted by molar-refractivity contribution is -0.128. The highest BCUT2D eigenvalue weighted by Crippen LogP contribution is 2.28. The SMILES string of the molecule is Cc1cccnc1N(C(=O)c1ccc(C2=NOC(C)(C)C2=O)cc1)[C@@H]1CCCN(C(=O)OC(C)(C)C)C1. The van der Waals surface area contributed by atoms with E-state index in [0.717, 1.165) is 18.4 Å². The molecule has 2 aromatic rings. The van der Waals surface area contributed by atoms with Gasteiger partial charge in [-0.1, -0.05) is 23.4 Å². The van der Waals surface area contributed by atoms with Crippen molar-refractivity contribution in [1.82, 2.24) is 9.88 Å². The number of rotatable bonds is 4. The number of aryl methyl sites for hydroxylation is 1. The zero-order chi connectivity index (χ0) is 27.0. The third-order valence-corrected chi connectivity index (χ3v) is 6.37. The van der Waals surface area contributed by atoms with Gasteiger partial charge in [0, 0.05) is 30.4 Å². The van der Waals surface area contributed by atoms with E-state index in [4.69, 9.17) is 9.57 Å². The van der Waals surface area contributed by atoms with Gasteiger partial charge < -0.3 is 14.5 Å². The summed E-state index contributed by atoms with van der Waals surface area (Å²) in [5.74, 6) is 0.112. The number of pyridine rings is 1. The number of ketones is 1. The number of Topliss-reactive ketones (excluding diaryl/α,β-unsaturated/α-hetero) is 1. The molecule has 3 heterocycles. The molecule has 0 aliphatic carbocycles. The number of hydrogen-bond donors (Lipinski definition) is 0. The van der Waals surface area contributed by atoms with Gasteiger partial charge in [-0.25, -0.2) is 9.78 Å². The lowest BCUT2D eigenvalue weighted by atomic mass is 9.95. The fourth-order valence-electron chi connectivity index (χ4n) is 4.44. The lowest BCUT2D eigenvalue weighted by Crippen LogP contribution is -2.53. The summed E-state index contributed by atoms with van der Waals surface area (Å²) in [4.78, 5) is 52.4. The highest BCUT2D eigenvalue weighted by atomic mass is 16.7. The van der Waals surface area contributed by atoms with Crippen LogP contribution in [0.25, 0.3) is 0 Å². The first kappa shape index (κ1) is 26.3. The number of benzene rings is 1. The number of anilines is 1. The maximum atomic E-state index is 13.9. The van der Waals surface area contributed by atoms with Crippen LogP contribution in [0.2, 0.25) is 0 Å². The molecule has 1 aromatic carbocycles. The van der Waals surface area contributed by atoms with Crippen LogP contribution in [0.1, 0.15) is 68.9 Å². The van der Waals surface area contributed by atoms with Crippen molar-refractivity contribution >= 4 is 29.3 Å². The van der Waals surface area contributed by atoms with Gasteiger partial charge in [0.15, 0.2) is 11.3 Å². The largest absolute Gasteiger partial charge is 0.444 e. The van der Waals surface area contributed by atoms with E-state index in [2.05, 4.69) is 10.1 Å². The van der Waals surface area contributed by atoms with Gasteiger partial charge in [0.2, 0.25) is 5.78 Å². The van der Waals surface area contributed by atoms with Crippen molar-refractivity contribution in [3.63, 3.8) is 0 Å². The number of aromatic nitrogens is 1. The van der Waals surface area contributed by atoms with E-state index in [1.807, 2.05) is 39.8 Å². The third-order valence-electron chi connectivity index (χ3n) is 6.37. The number of piperidine rings is 1. The molecule has 0 radical (unpaired) electrons. The number of nitrogens with zero attached hydrogens (tertiary/aromatic N) is 4. The Morgan fingerprint density at radius 1 is 1.16 bits per heavy atom. The van der Waals surface area contributed by atoms with Gasteiger partial charge in [0.1, 0.15) is 11.4 Å². The van der Waals surface area contributed by atoms with E-state index in [1.54, 1.807) is 54.1 Å². The summed E-state index contributed by atoms with van der Waals surface area (Å²) in [5, 5.41) is 3.94. The molecule has 2 aliphatic heterocycles. The molecule has 0 saturated carbocycles. The number of likely N-dealkylation sites (tertiary alicyclic amines) is 1. The van der Waals surface area contributed by atoms with Crippen LogP contribution in [0.3, 0.4) is 0 Å². The van der Waals surface area contributed by atoms with E-state index >= 15 is 0 Å². The number of ether oxygens (including phenoxy) is 1. The minimum Gasteiger partial charge on any atom is -0.444 e. The van der Waals surface area contributed by atoms with E-state index in [0.29, 0.717) is 30.0 Å². The lowest BCUT2D eigenvalue weighted by Gasteiger charge is -2.39. The van der Waals surface area contributed by atoms with Crippen LogP contribution < -0.4 is 4.90 Å². The Morgan fingerprint density at radius 2 is 1.86 bits per heavy atom. The normalized spacial score (nSPS) is 19.2. The van der Waals surface area contributed by atoms with Crippen molar-refractivity contribution in [2.45, 2.75) is 71.6 Å². The van der Waals surface area contributed by atoms with E-state index < -0.39 is 11.2 Å².